The fourth-order valence-electron chi connectivity index (χ4n) is 8.79. The molecule has 2 saturated carbocycles. The summed E-state index contributed by atoms with van der Waals surface area (Å²) in [4.78, 5) is 69.5. The van der Waals surface area contributed by atoms with Gasteiger partial charge in [-0.25, -0.2) is 9.97 Å². The summed E-state index contributed by atoms with van der Waals surface area (Å²) in [7, 11) is 0. The lowest BCUT2D eigenvalue weighted by atomic mass is 10.0. The highest BCUT2D eigenvalue weighted by molar-refractivity contribution is 7.15. The Labute approximate surface area is 369 Å². The third-order valence-corrected chi connectivity index (χ3v) is 14.9. The van der Waals surface area contributed by atoms with E-state index in [1.165, 1.54) is 0 Å². The first-order valence-corrected chi connectivity index (χ1v) is 23.5. The first-order chi connectivity index (χ1) is 30.4. The Bertz CT molecular complexity index is 2390. The molecule has 12 heteroatoms. The van der Waals surface area contributed by atoms with Gasteiger partial charge in [0.15, 0.2) is 0 Å². The molecule has 62 heavy (non-hydrogen) atoms. The van der Waals surface area contributed by atoms with Gasteiger partial charge in [-0.05, 0) is 84.7 Å². The number of rotatable bonds is 13. The molecule has 10 nitrogen and oxygen atoms in total. The Morgan fingerprint density at radius 3 is 1.24 bits per heavy atom. The van der Waals surface area contributed by atoms with Gasteiger partial charge in [0.05, 0.1) is 21.8 Å². The monoisotopic (exact) mass is 860 g/mol. The average Bonchev–Trinajstić information content (AvgIpc) is 4.07. The summed E-state index contributed by atoms with van der Waals surface area (Å²) in [5.74, 6) is -0.215. The van der Waals surface area contributed by atoms with Crippen molar-refractivity contribution in [2.24, 2.45) is 11.8 Å². The van der Waals surface area contributed by atoms with Gasteiger partial charge in [0, 0.05) is 37.3 Å². The van der Waals surface area contributed by atoms with Crippen molar-refractivity contribution in [3.05, 3.63) is 143 Å². The zero-order chi connectivity index (χ0) is 42.2. The number of nitrogens with one attached hydrogen (secondary N) is 2. The van der Waals surface area contributed by atoms with E-state index in [4.69, 9.17) is 9.97 Å². The van der Waals surface area contributed by atoms with Crippen LogP contribution >= 0.6 is 22.7 Å². The van der Waals surface area contributed by atoms with E-state index in [-0.39, 0.29) is 47.5 Å². The lowest BCUT2D eigenvalue weighted by molar-refractivity contribution is -0.138. The van der Waals surface area contributed by atoms with Crippen LogP contribution in [0.15, 0.2) is 122 Å². The van der Waals surface area contributed by atoms with E-state index in [0.29, 0.717) is 13.1 Å². The normalized spacial score (nSPS) is 19.5. The highest BCUT2D eigenvalue weighted by atomic mass is 32.1. The molecule has 4 aromatic carbocycles. The fraction of sp³-hybridized carbons (Fsp3) is 0.320. The highest BCUT2D eigenvalue weighted by Gasteiger charge is 2.41. The summed E-state index contributed by atoms with van der Waals surface area (Å²) in [6, 6.07) is 34.5. The molecule has 6 aromatic rings. The molecule has 0 unspecified atom stereocenters. The molecule has 0 spiro atoms. The SMILES string of the molecule is O=C(N[C@H](C(=O)N1CCC[C@H]1c1ncc(-c2ccc(-c3ccc(-c4cnc([C@@H]5CCCN5C(=O)[C@@H](NC(=O)C5CC5)c5ccccc5)s4)cc3)cc2)s1)c1ccccc1)C1CC1. The summed E-state index contributed by atoms with van der Waals surface area (Å²) in [5, 5.41) is 7.96. The fourth-order valence-corrected chi connectivity index (χ4v) is 10.9. The second-order valence-electron chi connectivity index (χ2n) is 16.9. The maximum Gasteiger partial charge on any atom is 0.250 e. The van der Waals surface area contributed by atoms with E-state index in [9.17, 15) is 19.2 Å². The number of thiazole rings is 2. The van der Waals surface area contributed by atoms with Crippen LogP contribution in [0.2, 0.25) is 0 Å². The predicted octanol–water partition coefficient (Wildman–Crippen LogP) is 9.46. The van der Waals surface area contributed by atoms with Crippen LogP contribution in [0.5, 0.6) is 0 Å². The van der Waals surface area contributed by atoms with E-state index in [1.807, 2.05) is 82.9 Å². The number of benzene rings is 4. The minimum Gasteiger partial charge on any atom is -0.340 e. The number of nitrogens with zero attached hydrogens (tertiary/aromatic N) is 4. The Morgan fingerprint density at radius 2 is 0.871 bits per heavy atom. The molecule has 4 aliphatic rings. The van der Waals surface area contributed by atoms with Crippen molar-refractivity contribution in [2.45, 2.75) is 75.5 Å². The van der Waals surface area contributed by atoms with Crippen molar-refractivity contribution in [1.82, 2.24) is 30.4 Å². The lowest BCUT2D eigenvalue weighted by Crippen LogP contribution is -2.43. The number of hydrogen-bond acceptors (Lipinski definition) is 8. The van der Waals surface area contributed by atoms with Crippen molar-refractivity contribution in [2.75, 3.05) is 13.1 Å². The Morgan fingerprint density at radius 1 is 0.500 bits per heavy atom. The smallest absolute Gasteiger partial charge is 0.250 e. The number of carbonyl (C=O) groups excluding carboxylic acids is 4. The average molecular weight is 861 g/mol. The van der Waals surface area contributed by atoms with Gasteiger partial charge in [-0.1, -0.05) is 109 Å². The highest BCUT2D eigenvalue weighted by Crippen LogP contribution is 2.42. The molecule has 2 aliphatic heterocycles. The molecule has 4 fully saturated rings. The van der Waals surface area contributed by atoms with Crippen LogP contribution in [0.4, 0.5) is 0 Å². The molecule has 314 valence electrons. The molecular weight excluding hydrogens is 813 g/mol. The second kappa shape index (κ2) is 17.4. The van der Waals surface area contributed by atoms with Crippen LogP contribution in [0.25, 0.3) is 32.0 Å². The number of aromatic nitrogens is 2. The second-order valence-corrected chi connectivity index (χ2v) is 19.0. The molecule has 2 saturated heterocycles. The summed E-state index contributed by atoms with van der Waals surface area (Å²) >= 11 is 3.25. The van der Waals surface area contributed by atoms with E-state index in [2.05, 4.69) is 59.2 Å². The van der Waals surface area contributed by atoms with Gasteiger partial charge in [0.2, 0.25) is 23.6 Å². The lowest BCUT2D eigenvalue weighted by Gasteiger charge is -2.28. The molecule has 10 rings (SSSR count). The van der Waals surface area contributed by atoms with Crippen molar-refractivity contribution >= 4 is 46.3 Å². The minimum absolute atomic E-state index is 0.0108. The van der Waals surface area contributed by atoms with Crippen LogP contribution in [-0.2, 0) is 19.2 Å². The van der Waals surface area contributed by atoms with Gasteiger partial charge in [-0.15, -0.1) is 22.7 Å². The van der Waals surface area contributed by atoms with Gasteiger partial charge >= 0.3 is 0 Å². The van der Waals surface area contributed by atoms with Gasteiger partial charge in [-0.2, -0.15) is 0 Å². The van der Waals surface area contributed by atoms with Gasteiger partial charge in [0.1, 0.15) is 22.1 Å². The zero-order valence-corrected chi connectivity index (χ0v) is 36.0. The van der Waals surface area contributed by atoms with E-state index in [1.54, 1.807) is 22.7 Å². The maximum absolute atomic E-state index is 14.1. The first-order valence-electron chi connectivity index (χ1n) is 21.8. The Hall–Kier alpha value is -5.98. The topological polar surface area (TPSA) is 125 Å². The number of amides is 4. The third kappa shape index (κ3) is 8.45. The quantitative estimate of drug-likeness (QED) is 0.119. The largest absolute Gasteiger partial charge is 0.340 e. The molecule has 2 aliphatic carbocycles. The van der Waals surface area contributed by atoms with E-state index in [0.717, 1.165) is 105 Å². The summed E-state index contributed by atoms with van der Waals surface area (Å²) in [6.07, 6.45) is 10.8. The Kier molecular flexibility index (Phi) is 11.3. The molecule has 0 radical (unpaired) electrons. The standard InChI is InChI=1S/C50H48N6O4S2/c57-45(37-23-24-37)53-43(35-9-3-1-4-10-35)49(59)55-27-7-13-39(55)47-51-29-41(61-47)33-19-15-31(16-20-33)32-17-21-34(22-18-32)42-30-52-48(62-42)40-14-8-28-56(40)50(60)44(36-11-5-2-6-12-36)54-46(58)38-25-26-38/h1-6,9-12,15-22,29-30,37-40,43-44H,7-8,13-14,23-28H2,(H,53,57)(H,54,58)/t39-,40-,43-,44-/m0/s1. The minimum atomic E-state index is -0.711. The molecule has 2 aromatic heterocycles. The van der Waals surface area contributed by atoms with Crippen LogP contribution in [0, 0.1) is 11.8 Å². The number of likely N-dealkylation sites (tertiary alicyclic amines) is 2. The number of hydrogen-bond donors (Lipinski definition) is 2. The van der Waals surface area contributed by atoms with Crippen LogP contribution in [0.1, 0.15) is 96.7 Å². The van der Waals surface area contributed by atoms with Crippen LogP contribution < -0.4 is 10.6 Å². The van der Waals surface area contributed by atoms with Crippen molar-refractivity contribution in [1.29, 1.82) is 0 Å². The van der Waals surface area contributed by atoms with Gasteiger partial charge < -0.3 is 20.4 Å². The molecular formula is C50H48N6O4S2. The van der Waals surface area contributed by atoms with Gasteiger partial charge in [0.25, 0.3) is 0 Å². The summed E-state index contributed by atoms with van der Waals surface area (Å²) in [5.41, 5.74) is 5.95. The zero-order valence-electron chi connectivity index (χ0n) is 34.3. The molecule has 0 bridgehead atoms. The van der Waals surface area contributed by atoms with E-state index < -0.39 is 12.1 Å². The summed E-state index contributed by atoms with van der Waals surface area (Å²) < 4.78 is 0. The van der Waals surface area contributed by atoms with Crippen molar-refractivity contribution in [3.63, 3.8) is 0 Å². The van der Waals surface area contributed by atoms with Crippen molar-refractivity contribution in [3.8, 4) is 32.0 Å². The number of carbonyl (C=O) groups is 4. The van der Waals surface area contributed by atoms with Crippen LogP contribution in [0.3, 0.4) is 0 Å². The van der Waals surface area contributed by atoms with E-state index >= 15 is 0 Å². The summed E-state index contributed by atoms with van der Waals surface area (Å²) in [6.45, 7) is 1.27. The van der Waals surface area contributed by atoms with Crippen LogP contribution in [-0.4, -0.2) is 56.5 Å². The first kappa shape index (κ1) is 40.1. The molecule has 2 N–H and O–H groups in total. The third-order valence-electron chi connectivity index (χ3n) is 12.6. The Balaban J connectivity index is 0.797. The molecule has 4 atom stereocenters. The molecule has 4 amide bonds. The predicted molar refractivity (Wildman–Crippen MR) is 242 cm³/mol. The maximum atomic E-state index is 14.1. The van der Waals surface area contributed by atoms with Gasteiger partial charge in [-0.3, -0.25) is 19.2 Å². The molecule has 4 heterocycles. The van der Waals surface area contributed by atoms with Crippen molar-refractivity contribution < 1.29 is 19.2 Å².